The summed E-state index contributed by atoms with van der Waals surface area (Å²) in [6.45, 7) is 0.441. The predicted octanol–water partition coefficient (Wildman–Crippen LogP) is 4.09. The number of hydrogen-bond donors (Lipinski definition) is 1. The monoisotopic (exact) mass is 295 g/mol. The molecule has 0 bridgehead atoms. The van der Waals surface area contributed by atoms with E-state index in [4.69, 9.17) is 5.73 Å². The first-order valence-corrected chi connectivity index (χ1v) is 6.45. The van der Waals surface area contributed by atoms with Crippen LogP contribution in [0.15, 0.2) is 36.4 Å². The molecule has 2 aromatic carbocycles. The average Bonchev–Trinajstić information content (AvgIpc) is 2.43. The van der Waals surface area contributed by atoms with Crippen molar-refractivity contribution in [1.82, 2.24) is 0 Å². The van der Waals surface area contributed by atoms with Gasteiger partial charge in [0, 0.05) is 0 Å². The van der Waals surface area contributed by atoms with Gasteiger partial charge in [0.15, 0.2) is 0 Å². The van der Waals surface area contributed by atoms with Crippen LogP contribution in [0.2, 0.25) is 0 Å². The van der Waals surface area contributed by atoms with E-state index in [-0.39, 0.29) is 11.6 Å². The zero-order chi connectivity index (χ0) is 15.6. The highest BCUT2D eigenvalue weighted by molar-refractivity contribution is 5.39. The first kappa shape index (κ1) is 15.4. The molecule has 0 saturated carbocycles. The van der Waals surface area contributed by atoms with Crippen LogP contribution < -0.4 is 10.5 Å². The van der Waals surface area contributed by atoms with Gasteiger partial charge in [-0.3, -0.25) is 0 Å². The van der Waals surface area contributed by atoms with Gasteiger partial charge >= 0.3 is 6.61 Å². The molecular formula is C16H16F3NO. The summed E-state index contributed by atoms with van der Waals surface area (Å²) in [6.07, 6.45) is 0. The maximum Gasteiger partial charge on any atom is 0.387 e. The lowest BCUT2D eigenvalue weighted by atomic mass is 9.96. The molecule has 2 aromatic rings. The quantitative estimate of drug-likeness (QED) is 0.922. The number of rotatable bonds is 4. The van der Waals surface area contributed by atoms with Crippen LogP contribution in [-0.2, 0) is 0 Å². The molecule has 0 fully saturated rings. The molecule has 5 heteroatoms. The number of nitrogens with two attached hydrogens (primary N) is 1. The summed E-state index contributed by atoms with van der Waals surface area (Å²) in [5.41, 5.74) is 8.49. The van der Waals surface area contributed by atoms with Crippen LogP contribution in [-0.4, -0.2) is 6.61 Å². The Morgan fingerprint density at radius 2 is 1.62 bits per heavy atom. The highest BCUT2D eigenvalue weighted by Crippen LogP contribution is 2.26. The standard InChI is InChI=1S/C16H16F3NO/c1-9-6-12(7-10(2)14(9)17)15(20)11-4-3-5-13(8-11)21-16(18)19/h3-8,15-16H,20H2,1-2H3. The normalized spacial score (nSPS) is 12.5. The largest absolute Gasteiger partial charge is 0.435 e. The molecule has 0 radical (unpaired) electrons. The lowest BCUT2D eigenvalue weighted by Gasteiger charge is -2.16. The van der Waals surface area contributed by atoms with Crippen molar-refractivity contribution >= 4 is 0 Å². The summed E-state index contributed by atoms with van der Waals surface area (Å²) < 4.78 is 42.5. The van der Waals surface area contributed by atoms with E-state index >= 15 is 0 Å². The average molecular weight is 295 g/mol. The topological polar surface area (TPSA) is 35.2 Å². The molecule has 2 nitrogen and oxygen atoms in total. The molecule has 0 amide bonds. The molecule has 0 aromatic heterocycles. The Hall–Kier alpha value is -2.01. The lowest BCUT2D eigenvalue weighted by Crippen LogP contribution is -2.13. The number of benzene rings is 2. The Morgan fingerprint density at radius 3 is 2.19 bits per heavy atom. The van der Waals surface area contributed by atoms with Crippen LogP contribution in [0, 0.1) is 19.7 Å². The molecule has 2 rings (SSSR count). The van der Waals surface area contributed by atoms with Crippen molar-refractivity contribution in [2.75, 3.05) is 0 Å². The van der Waals surface area contributed by atoms with Gasteiger partial charge in [-0.15, -0.1) is 0 Å². The molecule has 1 atom stereocenters. The van der Waals surface area contributed by atoms with Crippen molar-refractivity contribution in [3.05, 3.63) is 64.5 Å². The van der Waals surface area contributed by atoms with E-state index in [1.807, 2.05) is 0 Å². The zero-order valence-corrected chi connectivity index (χ0v) is 11.7. The molecule has 0 aliphatic carbocycles. The number of ether oxygens (including phenoxy) is 1. The number of alkyl halides is 2. The Bertz CT molecular complexity index is 620. The molecule has 112 valence electrons. The van der Waals surface area contributed by atoms with Crippen LogP contribution >= 0.6 is 0 Å². The predicted molar refractivity (Wildman–Crippen MR) is 75.0 cm³/mol. The van der Waals surface area contributed by atoms with Crippen molar-refractivity contribution in [1.29, 1.82) is 0 Å². The number of halogens is 3. The molecule has 0 heterocycles. The number of hydrogen-bond acceptors (Lipinski definition) is 2. The van der Waals surface area contributed by atoms with Crippen LogP contribution in [0.3, 0.4) is 0 Å². The van der Waals surface area contributed by atoms with E-state index in [9.17, 15) is 13.2 Å². The van der Waals surface area contributed by atoms with Gasteiger partial charge in [0.2, 0.25) is 0 Å². The summed E-state index contributed by atoms with van der Waals surface area (Å²) in [4.78, 5) is 0. The minimum Gasteiger partial charge on any atom is -0.435 e. The van der Waals surface area contributed by atoms with Crippen LogP contribution in [0.4, 0.5) is 13.2 Å². The second kappa shape index (κ2) is 6.18. The minimum absolute atomic E-state index is 0.0495. The zero-order valence-electron chi connectivity index (χ0n) is 11.7. The molecule has 0 aliphatic heterocycles. The summed E-state index contributed by atoms with van der Waals surface area (Å²) in [5.74, 6) is -0.214. The highest BCUT2D eigenvalue weighted by atomic mass is 19.3. The second-order valence-corrected chi connectivity index (χ2v) is 4.90. The third-order valence-corrected chi connectivity index (χ3v) is 3.26. The van der Waals surface area contributed by atoms with Gasteiger partial charge < -0.3 is 10.5 Å². The van der Waals surface area contributed by atoms with Crippen molar-refractivity contribution in [2.24, 2.45) is 5.73 Å². The van der Waals surface area contributed by atoms with E-state index in [1.54, 1.807) is 38.1 Å². The molecular weight excluding hydrogens is 279 g/mol. The number of aryl methyl sites for hydroxylation is 2. The molecule has 0 saturated heterocycles. The third kappa shape index (κ3) is 3.55. The van der Waals surface area contributed by atoms with Crippen LogP contribution in [0.25, 0.3) is 0 Å². The van der Waals surface area contributed by atoms with Gasteiger partial charge in [0.1, 0.15) is 11.6 Å². The maximum atomic E-state index is 13.6. The summed E-state index contributed by atoms with van der Waals surface area (Å²) in [6, 6.07) is 8.99. The van der Waals surface area contributed by atoms with Crippen LogP contribution in [0.1, 0.15) is 28.3 Å². The first-order valence-electron chi connectivity index (χ1n) is 6.45. The van der Waals surface area contributed by atoms with Crippen molar-refractivity contribution in [2.45, 2.75) is 26.5 Å². The lowest BCUT2D eigenvalue weighted by molar-refractivity contribution is -0.0498. The van der Waals surface area contributed by atoms with Gasteiger partial charge in [-0.05, 0) is 48.2 Å². The van der Waals surface area contributed by atoms with E-state index in [0.717, 1.165) is 5.56 Å². The molecule has 2 N–H and O–H groups in total. The summed E-state index contributed by atoms with van der Waals surface area (Å²) in [7, 11) is 0. The Morgan fingerprint density at radius 1 is 1.00 bits per heavy atom. The highest BCUT2D eigenvalue weighted by Gasteiger charge is 2.14. The Balaban J connectivity index is 2.33. The maximum absolute atomic E-state index is 13.6. The van der Waals surface area contributed by atoms with E-state index in [0.29, 0.717) is 16.7 Å². The molecule has 1 unspecified atom stereocenters. The summed E-state index contributed by atoms with van der Waals surface area (Å²) >= 11 is 0. The van der Waals surface area contributed by atoms with Gasteiger partial charge in [-0.25, -0.2) is 4.39 Å². The summed E-state index contributed by atoms with van der Waals surface area (Å²) in [5, 5.41) is 0. The SMILES string of the molecule is Cc1cc(C(N)c2cccc(OC(F)F)c2)cc(C)c1F. The van der Waals surface area contributed by atoms with Crippen LogP contribution in [0.5, 0.6) is 5.75 Å². The molecule has 21 heavy (non-hydrogen) atoms. The van der Waals surface area contributed by atoms with Gasteiger partial charge in [0.25, 0.3) is 0 Å². The smallest absolute Gasteiger partial charge is 0.387 e. The van der Waals surface area contributed by atoms with E-state index in [1.165, 1.54) is 12.1 Å². The Labute approximate surface area is 121 Å². The van der Waals surface area contributed by atoms with Gasteiger partial charge in [0.05, 0.1) is 6.04 Å². The van der Waals surface area contributed by atoms with Gasteiger partial charge in [-0.1, -0.05) is 24.3 Å². The second-order valence-electron chi connectivity index (χ2n) is 4.90. The first-order chi connectivity index (χ1) is 9.88. The fraction of sp³-hybridized carbons (Fsp3) is 0.250. The molecule has 0 aliphatic rings. The fourth-order valence-electron chi connectivity index (χ4n) is 2.24. The third-order valence-electron chi connectivity index (χ3n) is 3.26. The van der Waals surface area contributed by atoms with E-state index < -0.39 is 12.7 Å². The van der Waals surface area contributed by atoms with E-state index in [2.05, 4.69) is 4.74 Å². The fourth-order valence-corrected chi connectivity index (χ4v) is 2.24. The minimum atomic E-state index is -2.88. The van der Waals surface area contributed by atoms with Crippen molar-refractivity contribution in [3.8, 4) is 5.75 Å². The van der Waals surface area contributed by atoms with Crippen molar-refractivity contribution in [3.63, 3.8) is 0 Å². The molecule has 0 spiro atoms. The van der Waals surface area contributed by atoms with Gasteiger partial charge in [-0.2, -0.15) is 8.78 Å². The van der Waals surface area contributed by atoms with Crippen molar-refractivity contribution < 1.29 is 17.9 Å². The Kier molecular flexibility index (Phi) is 4.53.